The summed E-state index contributed by atoms with van der Waals surface area (Å²) in [6, 6.07) is 0. The van der Waals surface area contributed by atoms with Gasteiger partial charge in [-0.25, -0.2) is 0 Å². The lowest BCUT2D eigenvalue weighted by atomic mass is 10.0. The monoisotopic (exact) mass is 171 g/mol. The van der Waals surface area contributed by atoms with Gasteiger partial charge in [0.05, 0.1) is 0 Å². The largest absolute Gasteiger partial charge is 0.458 e. The molecule has 0 aromatic heterocycles. The molecule has 0 amide bonds. The molecule has 1 rings (SSSR count). The number of carbonyl (C=O) groups is 1. The van der Waals surface area contributed by atoms with Gasteiger partial charge in [-0.2, -0.15) is 0 Å². The molecule has 0 radical (unpaired) electrons. The highest BCUT2D eigenvalue weighted by Crippen LogP contribution is 2.36. The van der Waals surface area contributed by atoms with E-state index in [1.807, 2.05) is 0 Å². The fourth-order valence-electron chi connectivity index (χ4n) is 1.97. The van der Waals surface area contributed by atoms with Gasteiger partial charge in [-0.1, -0.05) is 6.92 Å². The lowest BCUT2D eigenvalue weighted by molar-refractivity contribution is -0.155. The van der Waals surface area contributed by atoms with E-state index < -0.39 is 0 Å². The second-order valence-electron chi connectivity index (χ2n) is 3.83. The highest BCUT2D eigenvalue weighted by atomic mass is 16.6. The van der Waals surface area contributed by atoms with Crippen LogP contribution in [0.4, 0.5) is 0 Å². The van der Waals surface area contributed by atoms with Crippen LogP contribution in [0.3, 0.4) is 0 Å². The van der Waals surface area contributed by atoms with Gasteiger partial charge in [-0.05, 0) is 25.2 Å². The van der Waals surface area contributed by atoms with Crippen molar-refractivity contribution in [3.05, 3.63) is 0 Å². The second kappa shape index (κ2) is 3.44. The molecule has 2 atom stereocenters. The molecule has 1 fully saturated rings. The van der Waals surface area contributed by atoms with Gasteiger partial charge >= 0.3 is 5.97 Å². The fraction of sp³-hybridized carbons (Fsp3) is 0.889. The number of nitrogens with two attached hydrogens (primary N) is 1. The first kappa shape index (κ1) is 9.52. The highest BCUT2D eigenvalue weighted by molar-refractivity contribution is 5.66. The van der Waals surface area contributed by atoms with Gasteiger partial charge in [-0.15, -0.1) is 0 Å². The molecule has 3 nitrogen and oxygen atoms in total. The minimum Gasteiger partial charge on any atom is -0.458 e. The molecule has 0 saturated heterocycles. The summed E-state index contributed by atoms with van der Waals surface area (Å²) in [4.78, 5) is 10.8. The number of ether oxygens (including phenoxy) is 1. The summed E-state index contributed by atoms with van der Waals surface area (Å²) in [5, 5.41) is 0. The van der Waals surface area contributed by atoms with Gasteiger partial charge in [0.2, 0.25) is 0 Å². The van der Waals surface area contributed by atoms with E-state index in [4.69, 9.17) is 10.5 Å². The summed E-state index contributed by atoms with van der Waals surface area (Å²) in [6.07, 6.45) is 2.96. The van der Waals surface area contributed by atoms with Crippen molar-refractivity contribution in [2.45, 2.75) is 38.7 Å². The maximum Gasteiger partial charge on any atom is 0.303 e. The number of carbonyl (C=O) groups excluding carboxylic acids is 1. The van der Waals surface area contributed by atoms with E-state index in [1.54, 1.807) is 0 Å². The number of rotatable bonds is 2. The van der Waals surface area contributed by atoms with E-state index in [2.05, 4.69) is 6.92 Å². The Morgan fingerprint density at radius 1 is 1.75 bits per heavy atom. The summed E-state index contributed by atoms with van der Waals surface area (Å²) in [6.45, 7) is 4.07. The summed E-state index contributed by atoms with van der Waals surface area (Å²) in [7, 11) is 0. The molecular formula is C9H17NO2. The Bertz CT molecular complexity index is 181. The highest BCUT2D eigenvalue weighted by Gasteiger charge is 2.38. The van der Waals surface area contributed by atoms with Crippen LogP contribution in [0.5, 0.6) is 0 Å². The molecule has 1 saturated carbocycles. The van der Waals surface area contributed by atoms with Crippen LogP contribution >= 0.6 is 0 Å². The quantitative estimate of drug-likeness (QED) is 0.632. The molecule has 2 N–H and O–H groups in total. The van der Waals surface area contributed by atoms with Crippen molar-refractivity contribution in [1.29, 1.82) is 0 Å². The SMILES string of the molecule is CC(=O)OC1(CN)CCC(C)C1. The van der Waals surface area contributed by atoms with Crippen LogP contribution in [0.15, 0.2) is 0 Å². The Morgan fingerprint density at radius 2 is 2.42 bits per heavy atom. The van der Waals surface area contributed by atoms with E-state index in [9.17, 15) is 4.79 Å². The minimum atomic E-state index is -0.342. The standard InChI is InChI=1S/C9H17NO2/c1-7-3-4-9(5-7,6-10)12-8(2)11/h7H,3-6,10H2,1-2H3. The smallest absolute Gasteiger partial charge is 0.303 e. The van der Waals surface area contributed by atoms with Gasteiger partial charge in [0.25, 0.3) is 0 Å². The van der Waals surface area contributed by atoms with Crippen molar-refractivity contribution < 1.29 is 9.53 Å². The van der Waals surface area contributed by atoms with Crippen LogP contribution in [-0.4, -0.2) is 18.1 Å². The molecule has 0 spiro atoms. The predicted molar refractivity (Wildman–Crippen MR) is 46.6 cm³/mol. The van der Waals surface area contributed by atoms with Gasteiger partial charge < -0.3 is 10.5 Å². The molecule has 0 aromatic carbocycles. The Hall–Kier alpha value is -0.570. The van der Waals surface area contributed by atoms with Gasteiger partial charge in [0.15, 0.2) is 0 Å². The first-order valence-electron chi connectivity index (χ1n) is 4.48. The number of hydrogen-bond acceptors (Lipinski definition) is 3. The number of hydrogen-bond donors (Lipinski definition) is 1. The molecule has 0 bridgehead atoms. The molecule has 0 heterocycles. The zero-order valence-electron chi connectivity index (χ0n) is 7.80. The van der Waals surface area contributed by atoms with Crippen molar-refractivity contribution in [1.82, 2.24) is 0 Å². The van der Waals surface area contributed by atoms with Crippen LogP contribution in [0.1, 0.15) is 33.1 Å². The van der Waals surface area contributed by atoms with Crippen molar-refractivity contribution >= 4 is 5.97 Å². The molecule has 0 aliphatic heterocycles. The zero-order valence-corrected chi connectivity index (χ0v) is 7.80. The normalized spacial score (nSPS) is 35.1. The molecule has 0 aromatic rings. The zero-order chi connectivity index (χ0) is 9.19. The summed E-state index contributed by atoms with van der Waals surface area (Å²) < 4.78 is 5.25. The maximum absolute atomic E-state index is 10.8. The first-order valence-corrected chi connectivity index (χ1v) is 4.48. The van der Waals surface area contributed by atoms with E-state index in [0.717, 1.165) is 19.3 Å². The Labute approximate surface area is 73.3 Å². The topological polar surface area (TPSA) is 52.3 Å². The fourth-order valence-corrected chi connectivity index (χ4v) is 1.97. The summed E-state index contributed by atoms with van der Waals surface area (Å²) in [5.74, 6) is 0.419. The average Bonchev–Trinajstić information content (AvgIpc) is 2.32. The van der Waals surface area contributed by atoms with Crippen LogP contribution in [0.25, 0.3) is 0 Å². The Balaban J connectivity index is 2.58. The van der Waals surface area contributed by atoms with Crippen molar-refractivity contribution in [2.24, 2.45) is 11.7 Å². The van der Waals surface area contributed by atoms with Crippen LogP contribution in [-0.2, 0) is 9.53 Å². The van der Waals surface area contributed by atoms with Gasteiger partial charge in [-0.3, -0.25) is 4.79 Å². The maximum atomic E-state index is 10.8. The lowest BCUT2D eigenvalue weighted by Crippen LogP contribution is -2.39. The van der Waals surface area contributed by atoms with Crippen LogP contribution in [0, 0.1) is 5.92 Å². The lowest BCUT2D eigenvalue weighted by Gasteiger charge is -2.26. The summed E-state index contributed by atoms with van der Waals surface area (Å²) >= 11 is 0. The predicted octanol–water partition coefficient (Wildman–Crippen LogP) is 1.07. The Kier molecular flexibility index (Phi) is 2.73. The van der Waals surface area contributed by atoms with Crippen molar-refractivity contribution in [3.63, 3.8) is 0 Å². The van der Waals surface area contributed by atoms with E-state index in [1.165, 1.54) is 6.92 Å². The van der Waals surface area contributed by atoms with Crippen LogP contribution < -0.4 is 5.73 Å². The first-order chi connectivity index (χ1) is 5.58. The van der Waals surface area contributed by atoms with E-state index in [-0.39, 0.29) is 11.6 Å². The molecule has 12 heavy (non-hydrogen) atoms. The molecule has 1 aliphatic rings. The third kappa shape index (κ3) is 1.97. The summed E-state index contributed by atoms with van der Waals surface area (Å²) in [5.41, 5.74) is 5.26. The molecule has 70 valence electrons. The number of esters is 1. The van der Waals surface area contributed by atoms with E-state index >= 15 is 0 Å². The Morgan fingerprint density at radius 3 is 2.75 bits per heavy atom. The van der Waals surface area contributed by atoms with Crippen LogP contribution in [0.2, 0.25) is 0 Å². The average molecular weight is 171 g/mol. The third-order valence-electron chi connectivity index (χ3n) is 2.55. The van der Waals surface area contributed by atoms with E-state index in [0.29, 0.717) is 12.5 Å². The molecule has 1 aliphatic carbocycles. The molecule has 2 unspecified atom stereocenters. The molecule has 3 heteroatoms. The van der Waals surface area contributed by atoms with Gasteiger partial charge in [0.1, 0.15) is 5.60 Å². The van der Waals surface area contributed by atoms with Crippen molar-refractivity contribution in [2.75, 3.05) is 6.54 Å². The van der Waals surface area contributed by atoms with Crippen molar-refractivity contribution in [3.8, 4) is 0 Å². The minimum absolute atomic E-state index is 0.213. The van der Waals surface area contributed by atoms with Gasteiger partial charge in [0, 0.05) is 13.5 Å². The third-order valence-corrected chi connectivity index (χ3v) is 2.55. The molecular weight excluding hydrogens is 154 g/mol. The second-order valence-corrected chi connectivity index (χ2v) is 3.83.